The van der Waals surface area contributed by atoms with Gasteiger partial charge in [0, 0.05) is 44.1 Å². The van der Waals surface area contributed by atoms with E-state index < -0.39 is 0 Å². The molecule has 2 unspecified atom stereocenters. The fourth-order valence-electron chi connectivity index (χ4n) is 4.20. The van der Waals surface area contributed by atoms with Gasteiger partial charge in [-0.1, -0.05) is 12.1 Å². The Morgan fingerprint density at radius 3 is 2.88 bits per heavy atom. The smallest absolute Gasteiger partial charge is 0.137 e. The predicted molar refractivity (Wildman–Crippen MR) is 98.4 cm³/mol. The molecule has 0 aromatic carbocycles. The standard InChI is InChI=1S/C20H23N5/c1-14-5-8-17(22-10-14)20-18(25-9-3-2-4-19(25)23-20)13-24-12-15-6-7-16(24)11-21-15/h2-5,8-10,15-16,21H,6-7,11-13H2,1H3. The molecule has 3 fully saturated rings. The molecule has 3 aliphatic heterocycles. The van der Waals surface area contributed by atoms with Crippen molar-refractivity contribution in [2.45, 2.75) is 38.4 Å². The Morgan fingerprint density at radius 1 is 1.20 bits per heavy atom. The number of fused-ring (bicyclic) bond motifs is 4. The number of hydrogen-bond acceptors (Lipinski definition) is 4. The molecule has 0 amide bonds. The fourth-order valence-corrected chi connectivity index (χ4v) is 4.20. The maximum absolute atomic E-state index is 4.90. The predicted octanol–water partition coefficient (Wildman–Crippen LogP) is 2.64. The quantitative estimate of drug-likeness (QED) is 0.800. The summed E-state index contributed by atoms with van der Waals surface area (Å²) in [5.74, 6) is 0. The van der Waals surface area contributed by atoms with Gasteiger partial charge in [-0.25, -0.2) is 4.98 Å². The van der Waals surface area contributed by atoms with Crippen molar-refractivity contribution in [1.29, 1.82) is 0 Å². The molecular weight excluding hydrogens is 310 g/mol. The molecule has 1 N–H and O–H groups in total. The SMILES string of the molecule is Cc1ccc(-c2nc3ccccn3c2CN2CC3CCC2CN3)nc1. The summed E-state index contributed by atoms with van der Waals surface area (Å²) in [5.41, 5.74) is 5.40. The number of imidazole rings is 1. The first-order valence-electron chi connectivity index (χ1n) is 9.14. The van der Waals surface area contributed by atoms with E-state index in [4.69, 9.17) is 4.98 Å². The number of piperidine rings is 2. The number of rotatable bonds is 3. The van der Waals surface area contributed by atoms with Crippen LogP contribution < -0.4 is 5.32 Å². The van der Waals surface area contributed by atoms with Crippen LogP contribution in [-0.4, -0.2) is 44.4 Å². The van der Waals surface area contributed by atoms with Crippen molar-refractivity contribution in [2.24, 2.45) is 0 Å². The number of piperazine rings is 1. The Balaban J connectivity index is 1.58. The summed E-state index contributed by atoms with van der Waals surface area (Å²) < 4.78 is 2.23. The number of hydrogen-bond donors (Lipinski definition) is 1. The van der Waals surface area contributed by atoms with Crippen molar-refractivity contribution in [3.8, 4) is 11.4 Å². The van der Waals surface area contributed by atoms with Crippen molar-refractivity contribution >= 4 is 5.65 Å². The van der Waals surface area contributed by atoms with Crippen LogP contribution in [0.15, 0.2) is 42.7 Å². The molecule has 2 atom stereocenters. The summed E-state index contributed by atoms with van der Waals surface area (Å²) in [6.45, 7) is 5.24. The minimum atomic E-state index is 0.637. The monoisotopic (exact) mass is 333 g/mol. The molecule has 0 radical (unpaired) electrons. The first kappa shape index (κ1) is 15.0. The van der Waals surface area contributed by atoms with E-state index >= 15 is 0 Å². The highest BCUT2D eigenvalue weighted by atomic mass is 15.3. The van der Waals surface area contributed by atoms with Gasteiger partial charge >= 0.3 is 0 Å². The van der Waals surface area contributed by atoms with E-state index in [2.05, 4.69) is 57.0 Å². The molecule has 3 saturated heterocycles. The lowest BCUT2D eigenvalue weighted by Gasteiger charge is -2.45. The van der Waals surface area contributed by atoms with Crippen LogP contribution in [0.25, 0.3) is 17.0 Å². The number of nitrogens with one attached hydrogen (secondary N) is 1. The number of pyridine rings is 2. The third-order valence-corrected chi connectivity index (χ3v) is 5.60. The van der Waals surface area contributed by atoms with Gasteiger partial charge in [-0.05, 0) is 43.5 Å². The van der Waals surface area contributed by atoms with Crippen molar-refractivity contribution in [3.05, 3.63) is 54.0 Å². The van der Waals surface area contributed by atoms with Gasteiger partial charge in [-0.2, -0.15) is 0 Å². The van der Waals surface area contributed by atoms with E-state index in [9.17, 15) is 0 Å². The third-order valence-electron chi connectivity index (χ3n) is 5.60. The normalized spacial score (nSPS) is 23.4. The molecule has 3 aliphatic rings. The van der Waals surface area contributed by atoms with Crippen LogP contribution in [0, 0.1) is 6.92 Å². The average Bonchev–Trinajstić information content (AvgIpc) is 3.02. The second kappa shape index (κ2) is 5.93. The summed E-state index contributed by atoms with van der Waals surface area (Å²) in [6.07, 6.45) is 6.65. The Morgan fingerprint density at radius 2 is 2.16 bits per heavy atom. The minimum Gasteiger partial charge on any atom is -0.311 e. The molecule has 0 aliphatic carbocycles. The maximum Gasteiger partial charge on any atom is 0.137 e. The Kier molecular flexibility index (Phi) is 3.57. The van der Waals surface area contributed by atoms with Crippen LogP contribution >= 0.6 is 0 Å². The highest BCUT2D eigenvalue weighted by Gasteiger charge is 2.34. The molecule has 6 heterocycles. The zero-order chi connectivity index (χ0) is 16.8. The first-order chi connectivity index (χ1) is 12.3. The Labute approximate surface area is 147 Å². The average molecular weight is 333 g/mol. The molecule has 2 bridgehead atoms. The van der Waals surface area contributed by atoms with Gasteiger partial charge in [-0.3, -0.25) is 9.88 Å². The van der Waals surface area contributed by atoms with Gasteiger partial charge in [0.05, 0.1) is 11.4 Å². The second-order valence-electron chi connectivity index (χ2n) is 7.32. The van der Waals surface area contributed by atoms with Crippen LogP contribution in [0.4, 0.5) is 0 Å². The van der Waals surface area contributed by atoms with Crippen LogP contribution in [-0.2, 0) is 6.54 Å². The lowest BCUT2D eigenvalue weighted by atomic mass is 9.93. The summed E-state index contributed by atoms with van der Waals surface area (Å²) in [4.78, 5) is 12.2. The molecule has 128 valence electrons. The molecule has 0 spiro atoms. The molecular formula is C20H23N5. The highest BCUT2D eigenvalue weighted by molar-refractivity contribution is 5.63. The molecule has 6 rings (SSSR count). The van der Waals surface area contributed by atoms with E-state index in [0.717, 1.165) is 36.7 Å². The van der Waals surface area contributed by atoms with E-state index in [1.807, 2.05) is 12.3 Å². The maximum atomic E-state index is 4.90. The first-order valence-corrected chi connectivity index (χ1v) is 9.14. The number of aryl methyl sites for hydroxylation is 1. The van der Waals surface area contributed by atoms with Crippen molar-refractivity contribution < 1.29 is 0 Å². The van der Waals surface area contributed by atoms with Gasteiger partial charge < -0.3 is 9.72 Å². The molecule has 5 heteroatoms. The van der Waals surface area contributed by atoms with Gasteiger partial charge in [0.25, 0.3) is 0 Å². The van der Waals surface area contributed by atoms with E-state index in [-0.39, 0.29) is 0 Å². The summed E-state index contributed by atoms with van der Waals surface area (Å²) in [7, 11) is 0. The zero-order valence-corrected chi connectivity index (χ0v) is 14.5. The van der Waals surface area contributed by atoms with Crippen molar-refractivity contribution in [1.82, 2.24) is 24.6 Å². The molecule has 0 saturated carbocycles. The number of aromatic nitrogens is 3. The van der Waals surface area contributed by atoms with E-state index in [0.29, 0.717) is 12.1 Å². The van der Waals surface area contributed by atoms with Gasteiger partial charge in [0.15, 0.2) is 0 Å². The van der Waals surface area contributed by atoms with Gasteiger partial charge in [-0.15, -0.1) is 0 Å². The fraction of sp³-hybridized carbons (Fsp3) is 0.400. The lowest BCUT2D eigenvalue weighted by Crippen LogP contribution is -2.60. The molecule has 3 aromatic heterocycles. The number of nitrogens with zero attached hydrogens (tertiary/aromatic N) is 4. The van der Waals surface area contributed by atoms with Crippen LogP contribution in [0.1, 0.15) is 24.1 Å². The molecule has 25 heavy (non-hydrogen) atoms. The van der Waals surface area contributed by atoms with Crippen molar-refractivity contribution in [3.63, 3.8) is 0 Å². The summed E-state index contributed by atoms with van der Waals surface area (Å²) >= 11 is 0. The van der Waals surface area contributed by atoms with E-state index in [1.54, 1.807) is 0 Å². The zero-order valence-electron chi connectivity index (χ0n) is 14.5. The third kappa shape index (κ3) is 2.64. The topological polar surface area (TPSA) is 45.5 Å². The second-order valence-corrected chi connectivity index (χ2v) is 7.32. The highest BCUT2D eigenvalue weighted by Crippen LogP contribution is 2.28. The van der Waals surface area contributed by atoms with Crippen LogP contribution in [0.2, 0.25) is 0 Å². The van der Waals surface area contributed by atoms with Gasteiger partial charge in [0.1, 0.15) is 11.3 Å². The lowest BCUT2D eigenvalue weighted by molar-refractivity contribution is 0.0674. The molecule has 3 aromatic rings. The molecule has 5 nitrogen and oxygen atoms in total. The van der Waals surface area contributed by atoms with Gasteiger partial charge in [0.2, 0.25) is 0 Å². The van der Waals surface area contributed by atoms with E-state index in [1.165, 1.54) is 24.1 Å². The summed E-state index contributed by atoms with van der Waals surface area (Å²) in [6, 6.07) is 11.7. The van der Waals surface area contributed by atoms with Crippen LogP contribution in [0.3, 0.4) is 0 Å². The van der Waals surface area contributed by atoms with Crippen molar-refractivity contribution in [2.75, 3.05) is 13.1 Å². The summed E-state index contributed by atoms with van der Waals surface area (Å²) in [5, 5.41) is 3.64. The minimum absolute atomic E-state index is 0.637. The van der Waals surface area contributed by atoms with Crippen LogP contribution in [0.5, 0.6) is 0 Å². The largest absolute Gasteiger partial charge is 0.311 e. The Hall–Kier alpha value is -2.24. The Bertz CT molecular complexity index is 890.